The van der Waals surface area contributed by atoms with Crippen LogP contribution >= 0.6 is 0 Å². The van der Waals surface area contributed by atoms with Crippen LogP contribution in [0.2, 0.25) is 0 Å². The van der Waals surface area contributed by atoms with Gasteiger partial charge in [0, 0.05) is 20.1 Å². The van der Waals surface area contributed by atoms with Gasteiger partial charge in [-0.3, -0.25) is 4.68 Å². The lowest BCUT2D eigenvalue weighted by Crippen LogP contribution is -2.41. The summed E-state index contributed by atoms with van der Waals surface area (Å²) in [6, 6.07) is 1.50. The second-order valence-corrected chi connectivity index (χ2v) is 5.19. The van der Waals surface area contributed by atoms with E-state index in [-0.39, 0.29) is 5.03 Å². The first kappa shape index (κ1) is 10.6. The molecule has 1 fully saturated rings. The van der Waals surface area contributed by atoms with Crippen molar-refractivity contribution in [1.82, 2.24) is 14.1 Å². The lowest BCUT2D eigenvalue weighted by molar-refractivity contribution is 0.0728. The van der Waals surface area contributed by atoms with Crippen LogP contribution in [0.5, 0.6) is 0 Å². The van der Waals surface area contributed by atoms with Crippen molar-refractivity contribution in [3.05, 3.63) is 12.3 Å². The predicted molar refractivity (Wildman–Crippen MR) is 52.8 cm³/mol. The summed E-state index contributed by atoms with van der Waals surface area (Å²) in [5, 5.41) is 4.08. The molecule has 0 N–H and O–H groups in total. The van der Waals surface area contributed by atoms with E-state index in [2.05, 4.69) is 5.10 Å². The zero-order valence-corrected chi connectivity index (χ0v) is 9.27. The summed E-state index contributed by atoms with van der Waals surface area (Å²) >= 11 is 0. The molecule has 0 bridgehead atoms. The Morgan fingerprint density at radius 1 is 1.40 bits per heavy atom. The molecule has 0 unspecified atom stereocenters. The van der Waals surface area contributed by atoms with E-state index in [1.807, 2.05) is 0 Å². The summed E-state index contributed by atoms with van der Waals surface area (Å²) < 4.78 is 32.1. The molecular formula is C8H13N3O3S. The Morgan fingerprint density at radius 2 is 2.07 bits per heavy atom. The Bertz CT molecular complexity index is 434. The topological polar surface area (TPSA) is 64.4 Å². The minimum absolute atomic E-state index is 0.226. The van der Waals surface area contributed by atoms with Crippen molar-refractivity contribution in [3.8, 4) is 0 Å². The molecule has 1 aliphatic heterocycles. The van der Waals surface area contributed by atoms with E-state index in [0.717, 1.165) is 0 Å². The van der Waals surface area contributed by atoms with Crippen LogP contribution in [-0.2, 0) is 21.8 Å². The summed E-state index contributed by atoms with van der Waals surface area (Å²) in [7, 11) is -1.78. The maximum absolute atomic E-state index is 12.1. The Balaban J connectivity index is 2.30. The molecule has 15 heavy (non-hydrogen) atoms. The minimum Gasteiger partial charge on any atom is -0.379 e. The van der Waals surface area contributed by atoms with Crippen LogP contribution in [0.1, 0.15) is 0 Å². The van der Waals surface area contributed by atoms with E-state index in [9.17, 15) is 8.42 Å². The number of aryl methyl sites for hydroxylation is 1. The van der Waals surface area contributed by atoms with Crippen molar-refractivity contribution in [3.63, 3.8) is 0 Å². The van der Waals surface area contributed by atoms with Gasteiger partial charge < -0.3 is 4.74 Å². The molecule has 7 heteroatoms. The molecule has 0 amide bonds. The molecule has 1 saturated heterocycles. The highest BCUT2D eigenvalue weighted by atomic mass is 32.2. The lowest BCUT2D eigenvalue weighted by atomic mass is 10.5. The number of hydrogen-bond acceptors (Lipinski definition) is 4. The first-order chi connectivity index (χ1) is 7.12. The number of morpholine rings is 1. The fraction of sp³-hybridized carbons (Fsp3) is 0.625. The van der Waals surface area contributed by atoms with Crippen LogP contribution in [0.25, 0.3) is 0 Å². The standard InChI is InChI=1S/C8H13N3O3S/c1-10-8(2-3-9-10)15(12,13)11-4-6-14-7-5-11/h2-3H,4-7H2,1H3. The highest BCUT2D eigenvalue weighted by Gasteiger charge is 2.28. The van der Waals surface area contributed by atoms with Crippen LogP contribution in [0.4, 0.5) is 0 Å². The summed E-state index contributed by atoms with van der Waals surface area (Å²) in [5.41, 5.74) is 0. The highest BCUT2D eigenvalue weighted by molar-refractivity contribution is 7.89. The van der Waals surface area contributed by atoms with Crippen molar-refractivity contribution >= 4 is 10.0 Å². The summed E-state index contributed by atoms with van der Waals surface area (Å²) in [6.07, 6.45) is 1.48. The fourth-order valence-corrected chi connectivity index (χ4v) is 3.04. The number of sulfonamides is 1. The number of ether oxygens (including phenoxy) is 1. The summed E-state index contributed by atoms with van der Waals surface area (Å²) in [4.78, 5) is 0. The maximum Gasteiger partial charge on any atom is 0.260 e. The maximum atomic E-state index is 12.1. The van der Waals surface area contributed by atoms with Crippen molar-refractivity contribution in [2.75, 3.05) is 26.3 Å². The van der Waals surface area contributed by atoms with Crippen LogP contribution in [-0.4, -0.2) is 48.8 Å². The minimum atomic E-state index is -3.40. The normalized spacial score (nSPS) is 19.3. The first-order valence-corrected chi connectivity index (χ1v) is 6.12. The van der Waals surface area contributed by atoms with Crippen LogP contribution in [0.3, 0.4) is 0 Å². The molecule has 2 heterocycles. The van der Waals surface area contributed by atoms with Gasteiger partial charge in [0.1, 0.15) is 0 Å². The number of aromatic nitrogens is 2. The molecule has 84 valence electrons. The molecule has 0 aromatic carbocycles. The van der Waals surface area contributed by atoms with E-state index in [1.165, 1.54) is 21.3 Å². The van der Waals surface area contributed by atoms with E-state index in [0.29, 0.717) is 26.3 Å². The molecule has 1 aromatic rings. The van der Waals surface area contributed by atoms with Crippen LogP contribution in [0.15, 0.2) is 17.3 Å². The van der Waals surface area contributed by atoms with Gasteiger partial charge in [-0.05, 0) is 6.07 Å². The van der Waals surface area contributed by atoms with Gasteiger partial charge in [0.15, 0.2) is 5.03 Å². The van der Waals surface area contributed by atoms with Gasteiger partial charge in [-0.25, -0.2) is 8.42 Å². The molecular weight excluding hydrogens is 218 g/mol. The Kier molecular flexibility index (Phi) is 2.76. The smallest absolute Gasteiger partial charge is 0.260 e. The van der Waals surface area contributed by atoms with E-state index in [1.54, 1.807) is 7.05 Å². The van der Waals surface area contributed by atoms with Gasteiger partial charge in [0.25, 0.3) is 10.0 Å². The van der Waals surface area contributed by atoms with Gasteiger partial charge in [-0.2, -0.15) is 9.40 Å². The molecule has 1 aromatic heterocycles. The molecule has 0 saturated carbocycles. The fourth-order valence-electron chi connectivity index (χ4n) is 1.53. The highest BCUT2D eigenvalue weighted by Crippen LogP contribution is 2.15. The number of rotatable bonds is 2. The molecule has 0 radical (unpaired) electrons. The van der Waals surface area contributed by atoms with Crippen LogP contribution in [0, 0.1) is 0 Å². The Hall–Kier alpha value is -0.920. The van der Waals surface area contributed by atoms with Gasteiger partial charge in [-0.15, -0.1) is 0 Å². The van der Waals surface area contributed by atoms with E-state index >= 15 is 0 Å². The number of nitrogens with zero attached hydrogens (tertiary/aromatic N) is 3. The molecule has 0 spiro atoms. The third-order valence-corrected chi connectivity index (χ3v) is 4.32. The molecule has 0 aliphatic carbocycles. The SMILES string of the molecule is Cn1nccc1S(=O)(=O)N1CCOCC1. The zero-order chi connectivity index (χ0) is 10.9. The van der Waals surface area contributed by atoms with Gasteiger partial charge >= 0.3 is 0 Å². The molecule has 6 nitrogen and oxygen atoms in total. The molecule has 1 aliphatic rings. The second-order valence-electron chi connectivity index (χ2n) is 3.31. The predicted octanol–water partition coefficient (Wildman–Crippen LogP) is -0.559. The van der Waals surface area contributed by atoms with Gasteiger partial charge in [0.2, 0.25) is 0 Å². The zero-order valence-electron chi connectivity index (χ0n) is 8.46. The van der Waals surface area contributed by atoms with Gasteiger partial charge in [-0.1, -0.05) is 0 Å². The average molecular weight is 231 g/mol. The second kappa shape index (κ2) is 3.92. The van der Waals surface area contributed by atoms with Crippen molar-refractivity contribution in [2.24, 2.45) is 7.05 Å². The Labute approximate surface area is 88.5 Å². The van der Waals surface area contributed by atoms with Crippen molar-refractivity contribution in [2.45, 2.75) is 5.03 Å². The van der Waals surface area contributed by atoms with Crippen molar-refractivity contribution < 1.29 is 13.2 Å². The van der Waals surface area contributed by atoms with Gasteiger partial charge in [0.05, 0.1) is 19.4 Å². The third kappa shape index (κ3) is 1.90. The van der Waals surface area contributed by atoms with E-state index in [4.69, 9.17) is 4.74 Å². The van der Waals surface area contributed by atoms with E-state index < -0.39 is 10.0 Å². The van der Waals surface area contributed by atoms with Crippen molar-refractivity contribution in [1.29, 1.82) is 0 Å². The van der Waals surface area contributed by atoms with Crippen LogP contribution < -0.4 is 0 Å². The monoisotopic (exact) mass is 231 g/mol. The third-order valence-electron chi connectivity index (χ3n) is 2.35. The summed E-state index contributed by atoms with van der Waals surface area (Å²) in [5.74, 6) is 0. The first-order valence-electron chi connectivity index (χ1n) is 4.68. The molecule has 2 rings (SSSR count). The quantitative estimate of drug-likeness (QED) is 0.684. The lowest BCUT2D eigenvalue weighted by Gasteiger charge is -2.25. The number of hydrogen-bond donors (Lipinski definition) is 0. The summed E-state index contributed by atoms with van der Waals surface area (Å²) in [6.45, 7) is 1.73. The largest absolute Gasteiger partial charge is 0.379 e. The molecule has 0 atom stereocenters. The average Bonchev–Trinajstić information content (AvgIpc) is 2.66. The Morgan fingerprint density at radius 3 is 2.60 bits per heavy atom.